The molecule has 4 aliphatic rings. The summed E-state index contributed by atoms with van der Waals surface area (Å²) in [6.45, 7) is -0.207. The summed E-state index contributed by atoms with van der Waals surface area (Å²) >= 11 is 0. The number of hydrogen-bond acceptors (Lipinski definition) is 3. The maximum atomic E-state index is 12.8. The van der Waals surface area contributed by atoms with E-state index in [1.165, 1.54) is 37.7 Å². The third kappa shape index (κ3) is 4.00. The highest BCUT2D eigenvalue weighted by Gasteiger charge is 2.51. The fourth-order valence-corrected chi connectivity index (χ4v) is 6.34. The van der Waals surface area contributed by atoms with Gasteiger partial charge in [-0.2, -0.15) is 0 Å². The van der Waals surface area contributed by atoms with E-state index < -0.39 is 0 Å². The lowest BCUT2D eigenvalue weighted by atomic mass is 9.52. The molecule has 1 amide bonds. The molecule has 4 aliphatic carbocycles. The molecule has 4 bridgehead atoms. The third-order valence-electron chi connectivity index (χ3n) is 7.37. The molecule has 2 aromatic rings. The Balaban J connectivity index is 1.18. The van der Waals surface area contributed by atoms with E-state index >= 15 is 0 Å². The summed E-state index contributed by atoms with van der Waals surface area (Å²) < 4.78 is 5.51. The van der Waals surface area contributed by atoms with E-state index in [0.29, 0.717) is 11.8 Å². The maximum Gasteiger partial charge on any atom is 0.310 e. The summed E-state index contributed by atoms with van der Waals surface area (Å²) in [5, 5.41) is 2.94. The Morgan fingerprint density at radius 1 is 0.833 bits per heavy atom. The lowest BCUT2D eigenvalue weighted by Crippen LogP contribution is -2.48. The second kappa shape index (κ2) is 8.25. The summed E-state index contributed by atoms with van der Waals surface area (Å²) in [6, 6.07) is 18.0. The molecule has 4 heteroatoms. The molecule has 0 unspecified atom stereocenters. The highest BCUT2D eigenvalue weighted by Crippen LogP contribution is 2.56. The lowest BCUT2D eigenvalue weighted by molar-refractivity contribution is -0.164. The summed E-state index contributed by atoms with van der Waals surface area (Å²) in [5.41, 5.74) is 3.01. The molecule has 6 rings (SSSR count). The predicted octanol–water partition coefficient (Wildman–Crippen LogP) is 4.83. The minimum Gasteiger partial charge on any atom is -0.455 e. The largest absolute Gasteiger partial charge is 0.455 e. The van der Waals surface area contributed by atoms with E-state index in [-0.39, 0.29) is 24.4 Å². The fourth-order valence-electron chi connectivity index (χ4n) is 6.34. The van der Waals surface area contributed by atoms with Crippen molar-refractivity contribution in [2.45, 2.75) is 38.5 Å². The Hall–Kier alpha value is -2.62. The first-order valence-corrected chi connectivity index (χ1v) is 11.2. The minimum atomic E-state index is -0.271. The first-order valence-electron chi connectivity index (χ1n) is 11.2. The average molecular weight is 404 g/mol. The number of anilines is 1. The number of esters is 1. The zero-order valence-corrected chi connectivity index (χ0v) is 17.3. The van der Waals surface area contributed by atoms with Crippen LogP contribution >= 0.6 is 0 Å². The van der Waals surface area contributed by atoms with Crippen LogP contribution in [0.5, 0.6) is 0 Å². The second-order valence-electron chi connectivity index (χ2n) is 9.43. The quantitative estimate of drug-likeness (QED) is 0.703. The molecule has 0 spiro atoms. The van der Waals surface area contributed by atoms with E-state index in [1.54, 1.807) is 0 Å². The summed E-state index contributed by atoms with van der Waals surface area (Å²) in [5.74, 6) is 2.17. The molecule has 2 aromatic carbocycles. The first-order chi connectivity index (χ1) is 14.7. The molecule has 0 aliphatic heterocycles. The van der Waals surface area contributed by atoms with Crippen molar-refractivity contribution < 1.29 is 14.3 Å². The molecule has 4 saturated carbocycles. The molecular weight excluding hydrogens is 374 g/mol. The van der Waals surface area contributed by atoms with Crippen LogP contribution in [0.4, 0.5) is 5.69 Å². The van der Waals surface area contributed by atoms with Crippen LogP contribution in [0.3, 0.4) is 0 Å². The summed E-state index contributed by atoms with van der Waals surface area (Å²) in [7, 11) is 0. The monoisotopic (exact) mass is 403 g/mol. The maximum absolute atomic E-state index is 12.8. The first kappa shape index (κ1) is 19.3. The Morgan fingerprint density at radius 3 is 2.17 bits per heavy atom. The van der Waals surface area contributed by atoms with Crippen LogP contribution in [0, 0.1) is 29.6 Å². The minimum absolute atomic E-state index is 0.0102. The second-order valence-corrected chi connectivity index (χ2v) is 9.43. The molecule has 0 saturated heterocycles. The average Bonchev–Trinajstić information content (AvgIpc) is 2.74. The Kier molecular flexibility index (Phi) is 5.32. The van der Waals surface area contributed by atoms with Gasteiger partial charge in [0.2, 0.25) is 0 Å². The molecule has 0 heterocycles. The van der Waals surface area contributed by atoms with Gasteiger partial charge in [-0.25, -0.2) is 0 Å². The van der Waals surface area contributed by atoms with Crippen molar-refractivity contribution >= 4 is 17.6 Å². The number of amides is 1. The number of benzene rings is 2. The van der Waals surface area contributed by atoms with Crippen LogP contribution < -0.4 is 5.32 Å². The van der Waals surface area contributed by atoms with Gasteiger partial charge in [0.1, 0.15) is 0 Å². The van der Waals surface area contributed by atoms with E-state index in [1.807, 2.05) is 42.5 Å². The molecule has 1 N–H and O–H groups in total. The van der Waals surface area contributed by atoms with Gasteiger partial charge in [0, 0.05) is 5.69 Å². The highest BCUT2D eigenvalue weighted by atomic mass is 16.5. The number of hydrogen-bond donors (Lipinski definition) is 1. The van der Waals surface area contributed by atoms with Gasteiger partial charge in [-0.05, 0) is 79.4 Å². The van der Waals surface area contributed by atoms with Crippen LogP contribution in [0.25, 0.3) is 0 Å². The van der Waals surface area contributed by atoms with Gasteiger partial charge < -0.3 is 10.1 Å². The molecule has 156 valence electrons. The molecular formula is C26H29NO3. The standard InChI is InChI=1S/C26H29NO3/c28-24(27-23-9-5-4-8-20(23)11-17-6-2-1-3-7-17)16-30-26(29)25-21-12-18-10-19(14-21)15-22(25)13-18/h1-9,18-19,21-22,25H,10-16H2,(H,27,28). The molecule has 0 atom stereocenters. The predicted molar refractivity (Wildman–Crippen MR) is 116 cm³/mol. The van der Waals surface area contributed by atoms with Gasteiger partial charge in [-0.1, -0.05) is 48.5 Å². The van der Waals surface area contributed by atoms with Gasteiger partial charge >= 0.3 is 5.97 Å². The van der Waals surface area contributed by atoms with Gasteiger partial charge in [-0.3, -0.25) is 9.59 Å². The van der Waals surface area contributed by atoms with E-state index in [9.17, 15) is 9.59 Å². The molecule has 0 aromatic heterocycles. The van der Waals surface area contributed by atoms with E-state index in [4.69, 9.17) is 4.74 Å². The number of carbonyl (C=O) groups is 2. The van der Waals surface area contributed by atoms with Crippen molar-refractivity contribution in [2.75, 3.05) is 11.9 Å². The zero-order chi connectivity index (χ0) is 20.5. The Labute approximate surface area is 178 Å². The van der Waals surface area contributed by atoms with Gasteiger partial charge in [0.05, 0.1) is 5.92 Å². The van der Waals surface area contributed by atoms with Crippen molar-refractivity contribution in [1.29, 1.82) is 0 Å². The smallest absolute Gasteiger partial charge is 0.310 e. The molecule has 4 fully saturated rings. The van der Waals surface area contributed by atoms with Crippen LogP contribution in [-0.4, -0.2) is 18.5 Å². The fraction of sp³-hybridized carbons (Fsp3) is 0.462. The number of nitrogens with one attached hydrogen (secondary N) is 1. The summed E-state index contributed by atoms with van der Waals surface area (Å²) in [6.07, 6.45) is 6.79. The van der Waals surface area contributed by atoms with Crippen molar-refractivity contribution in [3.63, 3.8) is 0 Å². The van der Waals surface area contributed by atoms with Crippen LogP contribution in [0.2, 0.25) is 0 Å². The summed E-state index contributed by atoms with van der Waals surface area (Å²) in [4.78, 5) is 25.3. The SMILES string of the molecule is O=C(COC(=O)C1C2CC3CC(C2)CC1C3)Nc1ccccc1Cc1ccccc1. The topological polar surface area (TPSA) is 55.4 Å². The van der Waals surface area contributed by atoms with E-state index in [2.05, 4.69) is 17.4 Å². The van der Waals surface area contributed by atoms with Crippen molar-refractivity contribution in [3.8, 4) is 0 Å². The van der Waals surface area contributed by atoms with Gasteiger partial charge in [0.25, 0.3) is 5.91 Å². The van der Waals surface area contributed by atoms with E-state index in [0.717, 1.165) is 29.5 Å². The third-order valence-corrected chi connectivity index (χ3v) is 7.37. The molecule has 30 heavy (non-hydrogen) atoms. The van der Waals surface area contributed by atoms with Gasteiger partial charge in [0.15, 0.2) is 6.61 Å². The Morgan fingerprint density at radius 2 is 1.47 bits per heavy atom. The van der Waals surface area contributed by atoms with Crippen LogP contribution in [0.15, 0.2) is 54.6 Å². The number of ether oxygens (including phenoxy) is 1. The number of rotatable bonds is 6. The van der Waals surface area contributed by atoms with Crippen molar-refractivity contribution in [3.05, 3.63) is 65.7 Å². The molecule has 4 nitrogen and oxygen atoms in total. The Bertz CT molecular complexity index is 895. The zero-order valence-electron chi connectivity index (χ0n) is 17.3. The number of para-hydroxylation sites is 1. The van der Waals surface area contributed by atoms with Crippen molar-refractivity contribution in [1.82, 2.24) is 0 Å². The van der Waals surface area contributed by atoms with Crippen LogP contribution in [-0.2, 0) is 20.7 Å². The van der Waals surface area contributed by atoms with Gasteiger partial charge in [-0.15, -0.1) is 0 Å². The van der Waals surface area contributed by atoms with Crippen LogP contribution in [0.1, 0.15) is 43.2 Å². The highest BCUT2D eigenvalue weighted by molar-refractivity contribution is 5.93. The lowest BCUT2D eigenvalue weighted by Gasteiger charge is -2.53. The van der Waals surface area contributed by atoms with Crippen molar-refractivity contribution in [2.24, 2.45) is 29.6 Å². The molecule has 0 radical (unpaired) electrons. The normalized spacial score (nSPS) is 28.9. The number of carbonyl (C=O) groups excluding carboxylic acids is 2.